The fourth-order valence-corrected chi connectivity index (χ4v) is 2.78. The maximum atomic E-state index is 12.5. The summed E-state index contributed by atoms with van der Waals surface area (Å²) in [5.74, 6) is 6.38. The van der Waals surface area contributed by atoms with E-state index in [1.807, 2.05) is 38.3 Å². The molecule has 8 heteroatoms. The standard InChI is InChI=1S/C22H26N6O2/c1-26(2)12-13-30-20-7-5-19(6-8-20)28(23)22(29)9-4-17-14-24-11-10-21(17)18-15-25-27(3)16-18/h4-11,14-16H,12-13,23H2,1-3H3/b9-4+. The number of carbonyl (C=O) groups excluding carboxylic acids is 1. The topological polar surface area (TPSA) is 89.5 Å². The highest BCUT2D eigenvalue weighted by Crippen LogP contribution is 2.23. The normalized spacial score (nSPS) is 11.2. The number of anilines is 1. The zero-order chi connectivity index (χ0) is 21.5. The zero-order valence-electron chi connectivity index (χ0n) is 17.4. The highest BCUT2D eigenvalue weighted by molar-refractivity contribution is 6.03. The van der Waals surface area contributed by atoms with Gasteiger partial charge in [-0.1, -0.05) is 0 Å². The summed E-state index contributed by atoms with van der Waals surface area (Å²) in [4.78, 5) is 18.7. The number of rotatable bonds is 8. The maximum Gasteiger partial charge on any atom is 0.265 e. The highest BCUT2D eigenvalue weighted by atomic mass is 16.5. The number of hydrogen-bond acceptors (Lipinski definition) is 6. The number of benzene rings is 1. The van der Waals surface area contributed by atoms with Gasteiger partial charge in [-0.3, -0.25) is 14.5 Å². The summed E-state index contributed by atoms with van der Waals surface area (Å²) in [5, 5.41) is 5.29. The van der Waals surface area contributed by atoms with Crippen molar-refractivity contribution in [2.24, 2.45) is 12.9 Å². The Bertz CT molecular complexity index is 1010. The van der Waals surface area contributed by atoms with E-state index in [0.29, 0.717) is 12.3 Å². The van der Waals surface area contributed by atoms with E-state index in [4.69, 9.17) is 10.6 Å². The molecule has 0 spiro atoms. The minimum atomic E-state index is -0.350. The molecule has 156 valence electrons. The van der Waals surface area contributed by atoms with Crippen molar-refractivity contribution in [2.75, 3.05) is 32.3 Å². The molecule has 2 aromatic heterocycles. The molecule has 0 unspecified atom stereocenters. The van der Waals surface area contributed by atoms with Crippen molar-refractivity contribution >= 4 is 17.7 Å². The summed E-state index contributed by atoms with van der Waals surface area (Å²) >= 11 is 0. The van der Waals surface area contributed by atoms with Crippen LogP contribution in [-0.4, -0.2) is 52.8 Å². The monoisotopic (exact) mass is 406 g/mol. The Kier molecular flexibility index (Phi) is 6.95. The van der Waals surface area contributed by atoms with Gasteiger partial charge in [0.1, 0.15) is 12.4 Å². The number of nitrogens with two attached hydrogens (primary N) is 1. The lowest BCUT2D eigenvalue weighted by Gasteiger charge is -2.16. The molecule has 1 aromatic carbocycles. The molecule has 0 saturated carbocycles. The van der Waals surface area contributed by atoms with Crippen molar-refractivity contribution in [2.45, 2.75) is 0 Å². The Morgan fingerprint density at radius 3 is 2.63 bits per heavy atom. The zero-order valence-corrected chi connectivity index (χ0v) is 17.4. The smallest absolute Gasteiger partial charge is 0.265 e. The van der Waals surface area contributed by atoms with E-state index in [1.165, 1.54) is 6.08 Å². The van der Waals surface area contributed by atoms with Crippen LogP contribution in [0.5, 0.6) is 5.75 Å². The van der Waals surface area contributed by atoms with E-state index in [0.717, 1.165) is 34.0 Å². The van der Waals surface area contributed by atoms with Crippen molar-refractivity contribution in [3.8, 4) is 16.9 Å². The molecule has 0 aliphatic carbocycles. The van der Waals surface area contributed by atoms with Gasteiger partial charge in [-0.15, -0.1) is 0 Å². The van der Waals surface area contributed by atoms with Gasteiger partial charge in [0.25, 0.3) is 5.91 Å². The first kappa shape index (κ1) is 21.2. The van der Waals surface area contributed by atoms with E-state index in [9.17, 15) is 4.79 Å². The molecule has 0 atom stereocenters. The Labute approximate surface area is 176 Å². The molecule has 0 radical (unpaired) electrons. The van der Waals surface area contributed by atoms with E-state index in [1.54, 1.807) is 53.6 Å². The molecule has 0 fully saturated rings. The van der Waals surface area contributed by atoms with Crippen LogP contribution in [0.1, 0.15) is 5.56 Å². The Morgan fingerprint density at radius 1 is 1.20 bits per heavy atom. The van der Waals surface area contributed by atoms with Gasteiger partial charge in [0.2, 0.25) is 0 Å². The summed E-state index contributed by atoms with van der Waals surface area (Å²) in [6.45, 7) is 1.41. The van der Waals surface area contributed by atoms with Crippen molar-refractivity contribution in [1.29, 1.82) is 0 Å². The predicted molar refractivity (Wildman–Crippen MR) is 118 cm³/mol. The van der Waals surface area contributed by atoms with Gasteiger partial charge in [0.05, 0.1) is 11.9 Å². The highest BCUT2D eigenvalue weighted by Gasteiger charge is 2.10. The van der Waals surface area contributed by atoms with E-state index >= 15 is 0 Å². The summed E-state index contributed by atoms with van der Waals surface area (Å²) < 4.78 is 7.39. The van der Waals surface area contributed by atoms with Gasteiger partial charge in [-0.05, 0) is 56.1 Å². The fourth-order valence-electron chi connectivity index (χ4n) is 2.78. The number of nitrogens with zero attached hydrogens (tertiary/aromatic N) is 5. The van der Waals surface area contributed by atoms with Gasteiger partial charge in [0, 0.05) is 49.4 Å². The average molecular weight is 406 g/mol. The molecule has 2 heterocycles. The molecule has 0 bridgehead atoms. The number of likely N-dealkylation sites (N-methyl/N-ethyl adjacent to an activating group) is 1. The molecule has 0 aliphatic rings. The lowest BCUT2D eigenvalue weighted by Crippen LogP contribution is -2.36. The number of amides is 1. The van der Waals surface area contributed by atoms with Crippen LogP contribution in [0.2, 0.25) is 0 Å². The van der Waals surface area contributed by atoms with Gasteiger partial charge < -0.3 is 9.64 Å². The minimum absolute atomic E-state index is 0.350. The first-order valence-electron chi connectivity index (χ1n) is 9.51. The molecule has 30 heavy (non-hydrogen) atoms. The SMILES string of the molecule is CN(C)CCOc1ccc(N(N)C(=O)/C=C/c2cnccc2-c2cnn(C)c2)cc1. The third kappa shape index (κ3) is 5.53. The Hall–Kier alpha value is -3.49. The summed E-state index contributed by atoms with van der Waals surface area (Å²) in [7, 11) is 5.83. The number of hydrazine groups is 1. The van der Waals surface area contributed by atoms with Crippen LogP contribution >= 0.6 is 0 Å². The van der Waals surface area contributed by atoms with Gasteiger partial charge in [0.15, 0.2) is 0 Å². The number of pyridine rings is 1. The van der Waals surface area contributed by atoms with Crippen molar-refractivity contribution in [1.82, 2.24) is 19.7 Å². The second kappa shape index (κ2) is 9.82. The second-order valence-corrected chi connectivity index (χ2v) is 7.05. The molecule has 2 N–H and O–H groups in total. The third-order valence-corrected chi connectivity index (χ3v) is 4.43. The number of hydrogen-bond donors (Lipinski definition) is 1. The van der Waals surface area contributed by atoms with E-state index < -0.39 is 0 Å². The number of aryl methyl sites for hydroxylation is 1. The Balaban J connectivity index is 1.67. The van der Waals surface area contributed by atoms with Gasteiger partial charge in [-0.25, -0.2) is 10.9 Å². The summed E-state index contributed by atoms with van der Waals surface area (Å²) in [6.07, 6.45) is 10.2. The molecular formula is C22H26N6O2. The number of carbonyl (C=O) groups is 1. The molecule has 1 amide bonds. The van der Waals surface area contributed by atoms with Crippen LogP contribution in [-0.2, 0) is 11.8 Å². The third-order valence-electron chi connectivity index (χ3n) is 4.43. The van der Waals surface area contributed by atoms with Gasteiger partial charge in [-0.2, -0.15) is 5.10 Å². The molecule has 0 saturated heterocycles. The summed E-state index contributed by atoms with van der Waals surface area (Å²) in [5.41, 5.74) is 3.26. The van der Waals surface area contributed by atoms with Crippen LogP contribution in [0, 0.1) is 0 Å². The quantitative estimate of drug-likeness (QED) is 0.267. The largest absolute Gasteiger partial charge is 0.492 e. The van der Waals surface area contributed by atoms with E-state index in [-0.39, 0.29) is 5.91 Å². The summed E-state index contributed by atoms with van der Waals surface area (Å²) in [6, 6.07) is 8.98. The minimum Gasteiger partial charge on any atom is -0.492 e. The number of ether oxygens (including phenoxy) is 1. The van der Waals surface area contributed by atoms with Crippen LogP contribution in [0.25, 0.3) is 17.2 Å². The molecular weight excluding hydrogens is 380 g/mol. The lowest BCUT2D eigenvalue weighted by atomic mass is 10.0. The van der Waals surface area contributed by atoms with Gasteiger partial charge >= 0.3 is 0 Å². The predicted octanol–water partition coefficient (Wildman–Crippen LogP) is 2.34. The number of aromatic nitrogens is 3. The van der Waals surface area contributed by atoms with Crippen LogP contribution in [0.15, 0.2) is 61.2 Å². The second-order valence-electron chi connectivity index (χ2n) is 7.05. The lowest BCUT2D eigenvalue weighted by molar-refractivity contribution is -0.114. The van der Waals surface area contributed by atoms with Crippen molar-refractivity contribution in [3.05, 3.63) is 66.8 Å². The van der Waals surface area contributed by atoms with Crippen LogP contribution in [0.4, 0.5) is 5.69 Å². The maximum absolute atomic E-state index is 12.5. The molecule has 3 rings (SSSR count). The fraction of sp³-hybridized carbons (Fsp3) is 0.227. The van der Waals surface area contributed by atoms with Crippen molar-refractivity contribution < 1.29 is 9.53 Å². The van der Waals surface area contributed by atoms with E-state index in [2.05, 4.69) is 10.1 Å². The molecule has 0 aliphatic heterocycles. The van der Waals surface area contributed by atoms with Crippen LogP contribution < -0.4 is 15.6 Å². The molecule has 8 nitrogen and oxygen atoms in total. The van der Waals surface area contributed by atoms with Crippen molar-refractivity contribution in [3.63, 3.8) is 0 Å². The first-order valence-corrected chi connectivity index (χ1v) is 9.51. The average Bonchev–Trinajstić information content (AvgIpc) is 3.18. The van der Waals surface area contributed by atoms with Crippen LogP contribution in [0.3, 0.4) is 0 Å². The first-order chi connectivity index (χ1) is 14.4. The molecule has 3 aromatic rings. The Morgan fingerprint density at radius 2 is 1.97 bits per heavy atom.